The van der Waals surface area contributed by atoms with E-state index in [0.29, 0.717) is 12.2 Å². The molecule has 2 N–H and O–H groups in total. The number of nitrogens with zero attached hydrogens (tertiary/aromatic N) is 1. The predicted molar refractivity (Wildman–Crippen MR) is 93.0 cm³/mol. The monoisotopic (exact) mass is 375 g/mol. The number of anilines is 2. The van der Waals surface area contributed by atoms with E-state index in [-0.39, 0.29) is 12.0 Å². The Kier molecular flexibility index (Phi) is 5.25. The van der Waals surface area contributed by atoms with E-state index < -0.39 is 0 Å². The molecule has 1 aliphatic rings. The molecular formula is C17H18BrN3O2. The highest BCUT2D eigenvalue weighted by Crippen LogP contribution is 2.19. The molecule has 1 saturated heterocycles. The minimum Gasteiger partial charge on any atom is -0.376 e. The van der Waals surface area contributed by atoms with Crippen LogP contribution < -0.4 is 10.6 Å². The zero-order valence-corrected chi connectivity index (χ0v) is 14.2. The molecule has 0 aliphatic carbocycles. The SMILES string of the molecule is O=C(NCC1CCCO1)c1cc(Nc2ccc(Br)cc2)ccn1. The molecule has 1 fully saturated rings. The number of hydrogen-bond donors (Lipinski definition) is 2. The van der Waals surface area contributed by atoms with Crippen molar-refractivity contribution in [3.63, 3.8) is 0 Å². The van der Waals surface area contributed by atoms with E-state index in [2.05, 4.69) is 31.5 Å². The zero-order valence-electron chi connectivity index (χ0n) is 12.6. The van der Waals surface area contributed by atoms with Crippen molar-refractivity contribution in [2.75, 3.05) is 18.5 Å². The highest BCUT2D eigenvalue weighted by Gasteiger charge is 2.17. The fourth-order valence-electron chi connectivity index (χ4n) is 2.43. The smallest absolute Gasteiger partial charge is 0.270 e. The van der Waals surface area contributed by atoms with E-state index in [4.69, 9.17) is 4.74 Å². The van der Waals surface area contributed by atoms with Crippen LogP contribution in [0.15, 0.2) is 47.1 Å². The standard InChI is InChI=1S/C17H18BrN3O2/c18-12-3-5-13(6-4-12)21-14-7-8-19-16(10-14)17(22)20-11-15-2-1-9-23-15/h3-8,10,15H,1-2,9,11H2,(H,19,21)(H,20,22). The Labute approximate surface area is 143 Å². The lowest BCUT2D eigenvalue weighted by Crippen LogP contribution is -2.32. The summed E-state index contributed by atoms with van der Waals surface area (Å²) in [5.41, 5.74) is 2.17. The number of aromatic nitrogens is 1. The van der Waals surface area contributed by atoms with Crippen molar-refractivity contribution in [1.82, 2.24) is 10.3 Å². The van der Waals surface area contributed by atoms with Gasteiger partial charge in [0.25, 0.3) is 5.91 Å². The van der Waals surface area contributed by atoms with E-state index in [1.165, 1.54) is 0 Å². The van der Waals surface area contributed by atoms with Gasteiger partial charge in [0, 0.05) is 35.2 Å². The van der Waals surface area contributed by atoms with Gasteiger partial charge in [0.2, 0.25) is 0 Å². The Bertz CT molecular complexity index is 670. The van der Waals surface area contributed by atoms with Crippen LogP contribution in [0.4, 0.5) is 11.4 Å². The number of carbonyl (C=O) groups is 1. The number of benzene rings is 1. The van der Waals surface area contributed by atoms with Gasteiger partial charge in [-0.1, -0.05) is 15.9 Å². The number of halogens is 1. The van der Waals surface area contributed by atoms with Crippen LogP contribution in [0.5, 0.6) is 0 Å². The van der Waals surface area contributed by atoms with E-state index in [9.17, 15) is 4.79 Å². The predicted octanol–water partition coefficient (Wildman–Crippen LogP) is 3.50. The number of amides is 1. The van der Waals surface area contributed by atoms with Crippen LogP contribution in [-0.4, -0.2) is 30.1 Å². The lowest BCUT2D eigenvalue weighted by atomic mass is 10.2. The molecule has 0 radical (unpaired) electrons. The summed E-state index contributed by atoms with van der Waals surface area (Å²) in [4.78, 5) is 16.3. The third kappa shape index (κ3) is 4.53. The van der Waals surface area contributed by atoms with Gasteiger partial charge >= 0.3 is 0 Å². The molecule has 2 heterocycles. The van der Waals surface area contributed by atoms with E-state index in [1.807, 2.05) is 30.3 Å². The topological polar surface area (TPSA) is 63.2 Å². The first-order valence-electron chi connectivity index (χ1n) is 7.59. The molecule has 2 aromatic rings. The molecule has 3 rings (SSSR count). The van der Waals surface area contributed by atoms with Crippen LogP contribution in [0.1, 0.15) is 23.3 Å². The molecule has 1 aliphatic heterocycles. The van der Waals surface area contributed by atoms with Crippen LogP contribution in [0.25, 0.3) is 0 Å². The van der Waals surface area contributed by atoms with Crippen molar-refractivity contribution < 1.29 is 9.53 Å². The van der Waals surface area contributed by atoms with Gasteiger partial charge in [-0.3, -0.25) is 9.78 Å². The van der Waals surface area contributed by atoms with Crippen molar-refractivity contribution in [2.45, 2.75) is 18.9 Å². The first kappa shape index (κ1) is 16.0. The largest absolute Gasteiger partial charge is 0.376 e. The molecule has 0 bridgehead atoms. The second-order valence-electron chi connectivity index (χ2n) is 5.41. The maximum absolute atomic E-state index is 12.2. The molecule has 1 unspecified atom stereocenters. The molecule has 120 valence electrons. The third-order valence-electron chi connectivity index (χ3n) is 3.64. The fraction of sp³-hybridized carbons (Fsp3) is 0.294. The van der Waals surface area contributed by atoms with Crippen LogP contribution in [0.3, 0.4) is 0 Å². The number of ether oxygens (including phenoxy) is 1. The highest BCUT2D eigenvalue weighted by atomic mass is 79.9. The van der Waals surface area contributed by atoms with Crippen molar-refractivity contribution in [3.05, 3.63) is 52.8 Å². The van der Waals surface area contributed by atoms with Gasteiger partial charge < -0.3 is 15.4 Å². The maximum atomic E-state index is 12.2. The fourth-order valence-corrected chi connectivity index (χ4v) is 2.70. The maximum Gasteiger partial charge on any atom is 0.270 e. The molecular weight excluding hydrogens is 358 g/mol. The third-order valence-corrected chi connectivity index (χ3v) is 4.17. The van der Waals surface area contributed by atoms with Gasteiger partial charge in [0.1, 0.15) is 5.69 Å². The van der Waals surface area contributed by atoms with Gasteiger partial charge in [-0.05, 0) is 49.2 Å². The van der Waals surface area contributed by atoms with Crippen molar-refractivity contribution in [1.29, 1.82) is 0 Å². The summed E-state index contributed by atoms with van der Waals surface area (Å²) in [7, 11) is 0. The summed E-state index contributed by atoms with van der Waals surface area (Å²) in [6.45, 7) is 1.32. The normalized spacial score (nSPS) is 17.0. The second kappa shape index (κ2) is 7.57. The number of pyridine rings is 1. The first-order valence-corrected chi connectivity index (χ1v) is 8.38. The minimum atomic E-state index is -0.181. The van der Waals surface area contributed by atoms with Crippen LogP contribution >= 0.6 is 15.9 Å². The molecule has 0 spiro atoms. The number of hydrogen-bond acceptors (Lipinski definition) is 4. The molecule has 1 amide bonds. The lowest BCUT2D eigenvalue weighted by molar-refractivity contribution is 0.0854. The van der Waals surface area contributed by atoms with Gasteiger partial charge in [0.15, 0.2) is 0 Å². The summed E-state index contributed by atoms with van der Waals surface area (Å²) in [6, 6.07) is 11.4. The molecule has 23 heavy (non-hydrogen) atoms. The lowest BCUT2D eigenvalue weighted by Gasteiger charge is -2.11. The Hall–Kier alpha value is -1.92. The summed E-state index contributed by atoms with van der Waals surface area (Å²) < 4.78 is 6.52. The second-order valence-corrected chi connectivity index (χ2v) is 6.32. The Balaban J connectivity index is 1.61. The molecule has 0 saturated carbocycles. The Morgan fingerprint density at radius 2 is 2.09 bits per heavy atom. The number of carbonyl (C=O) groups excluding carboxylic acids is 1. The van der Waals surface area contributed by atoms with Gasteiger partial charge in [-0.15, -0.1) is 0 Å². The number of nitrogens with one attached hydrogen (secondary N) is 2. The molecule has 6 heteroatoms. The van der Waals surface area contributed by atoms with E-state index in [0.717, 1.165) is 35.3 Å². The molecule has 1 aromatic carbocycles. The van der Waals surface area contributed by atoms with Gasteiger partial charge in [0.05, 0.1) is 6.10 Å². The first-order chi connectivity index (χ1) is 11.2. The van der Waals surface area contributed by atoms with Crippen LogP contribution in [0.2, 0.25) is 0 Å². The van der Waals surface area contributed by atoms with Gasteiger partial charge in [-0.25, -0.2) is 0 Å². The van der Waals surface area contributed by atoms with Crippen LogP contribution in [-0.2, 0) is 4.74 Å². The average Bonchev–Trinajstić information content (AvgIpc) is 3.08. The summed E-state index contributed by atoms with van der Waals surface area (Å²) in [5.74, 6) is -0.181. The molecule has 5 nitrogen and oxygen atoms in total. The summed E-state index contributed by atoms with van der Waals surface area (Å²) in [5, 5.41) is 6.14. The molecule has 1 atom stereocenters. The van der Waals surface area contributed by atoms with Gasteiger partial charge in [-0.2, -0.15) is 0 Å². The van der Waals surface area contributed by atoms with E-state index >= 15 is 0 Å². The summed E-state index contributed by atoms with van der Waals surface area (Å²) in [6.07, 6.45) is 3.81. The van der Waals surface area contributed by atoms with Crippen LogP contribution in [0, 0.1) is 0 Å². The number of rotatable bonds is 5. The Morgan fingerprint density at radius 1 is 1.26 bits per heavy atom. The Morgan fingerprint density at radius 3 is 2.83 bits per heavy atom. The quantitative estimate of drug-likeness (QED) is 0.839. The molecule has 1 aromatic heterocycles. The highest BCUT2D eigenvalue weighted by molar-refractivity contribution is 9.10. The van der Waals surface area contributed by atoms with Crippen molar-refractivity contribution >= 4 is 33.2 Å². The van der Waals surface area contributed by atoms with Crippen molar-refractivity contribution in [3.8, 4) is 0 Å². The minimum absolute atomic E-state index is 0.128. The zero-order chi connectivity index (χ0) is 16.1. The van der Waals surface area contributed by atoms with E-state index in [1.54, 1.807) is 12.3 Å². The average molecular weight is 376 g/mol. The van der Waals surface area contributed by atoms with Crippen molar-refractivity contribution in [2.24, 2.45) is 0 Å². The summed E-state index contributed by atoms with van der Waals surface area (Å²) >= 11 is 3.41.